The average molecular weight is 373 g/mol. The van der Waals surface area contributed by atoms with Crippen molar-refractivity contribution in [2.75, 3.05) is 16.8 Å². The molecule has 2 amide bonds. The van der Waals surface area contributed by atoms with Crippen molar-refractivity contribution in [3.63, 3.8) is 0 Å². The van der Waals surface area contributed by atoms with Crippen molar-refractivity contribution in [1.29, 1.82) is 0 Å². The summed E-state index contributed by atoms with van der Waals surface area (Å²) in [4.78, 5) is 26.0. The molecule has 0 aliphatic heterocycles. The van der Waals surface area contributed by atoms with Crippen LogP contribution in [0.1, 0.15) is 37.0 Å². The standard InChI is InChI=1S/C21H25ClN2O2/c1-5-17-8-6-7-15(3)21(17)23-20(26)11-12-24(16(4)25)18-10-9-14(2)19(22)13-18/h6-10,13H,5,11-12H2,1-4H3,(H,23,26). The molecule has 4 nitrogen and oxygen atoms in total. The maximum Gasteiger partial charge on any atom is 0.226 e. The number of carbonyl (C=O) groups excluding carboxylic acids is 2. The van der Waals surface area contributed by atoms with Gasteiger partial charge in [0.25, 0.3) is 0 Å². The fraction of sp³-hybridized carbons (Fsp3) is 0.333. The molecule has 26 heavy (non-hydrogen) atoms. The number of para-hydroxylation sites is 1. The second kappa shape index (κ2) is 8.86. The summed E-state index contributed by atoms with van der Waals surface area (Å²) in [5, 5.41) is 3.60. The van der Waals surface area contributed by atoms with Crippen molar-refractivity contribution < 1.29 is 9.59 Å². The van der Waals surface area contributed by atoms with Crippen LogP contribution in [0, 0.1) is 13.8 Å². The summed E-state index contributed by atoms with van der Waals surface area (Å²) in [6.45, 7) is 7.73. The minimum atomic E-state index is -0.122. The van der Waals surface area contributed by atoms with Crippen LogP contribution >= 0.6 is 11.6 Å². The van der Waals surface area contributed by atoms with Gasteiger partial charge < -0.3 is 10.2 Å². The van der Waals surface area contributed by atoms with Crippen LogP contribution < -0.4 is 10.2 Å². The number of rotatable bonds is 6. The normalized spacial score (nSPS) is 10.5. The van der Waals surface area contributed by atoms with Crippen LogP contribution in [-0.2, 0) is 16.0 Å². The summed E-state index contributed by atoms with van der Waals surface area (Å²) < 4.78 is 0. The van der Waals surface area contributed by atoms with Gasteiger partial charge in [0.1, 0.15) is 0 Å². The number of aryl methyl sites for hydroxylation is 3. The average Bonchev–Trinajstić information content (AvgIpc) is 2.59. The molecule has 5 heteroatoms. The third-order valence-electron chi connectivity index (χ3n) is 4.41. The molecule has 0 saturated heterocycles. The van der Waals surface area contributed by atoms with E-state index in [0.29, 0.717) is 17.3 Å². The molecule has 2 aromatic rings. The van der Waals surface area contributed by atoms with Gasteiger partial charge in [0.05, 0.1) is 0 Å². The summed E-state index contributed by atoms with van der Waals surface area (Å²) in [5.41, 5.74) is 4.65. The van der Waals surface area contributed by atoms with Crippen LogP contribution in [0.5, 0.6) is 0 Å². The Morgan fingerprint density at radius 2 is 1.85 bits per heavy atom. The molecule has 0 atom stereocenters. The molecule has 0 heterocycles. The lowest BCUT2D eigenvalue weighted by atomic mass is 10.1. The van der Waals surface area contributed by atoms with Crippen molar-refractivity contribution in [2.24, 2.45) is 0 Å². The first kappa shape index (κ1) is 20.0. The molecule has 2 rings (SSSR count). The highest BCUT2D eigenvalue weighted by Gasteiger charge is 2.15. The third-order valence-corrected chi connectivity index (χ3v) is 4.82. The van der Waals surface area contributed by atoms with E-state index >= 15 is 0 Å². The van der Waals surface area contributed by atoms with Gasteiger partial charge in [0.2, 0.25) is 11.8 Å². The molecular weight excluding hydrogens is 348 g/mol. The first-order chi connectivity index (χ1) is 12.3. The summed E-state index contributed by atoms with van der Waals surface area (Å²) in [5.74, 6) is -0.235. The van der Waals surface area contributed by atoms with Crippen LogP contribution in [0.15, 0.2) is 36.4 Å². The Kier molecular flexibility index (Phi) is 6.81. The predicted octanol–water partition coefficient (Wildman–Crippen LogP) is 4.90. The number of hydrogen-bond acceptors (Lipinski definition) is 2. The van der Waals surface area contributed by atoms with Crippen LogP contribution in [0.25, 0.3) is 0 Å². The van der Waals surface area contributed by atoms with Crippen molar-refractivity contribution >= 4 is 34.8 Å². The van der Waals surface area contributed by atoms with Crippen molar-refractivity contribution in [3.8, 4) is 0 Å². The lowest BCUT2D eigenvalue weighted by Gasteiger charge is -2.22. The summed E-state index contributed by atoms with van der Waals surface area (Å²) in [7, 11) is 0. The van der Waals surface area contributed by atoms with Gasteiger partial charge in [-0.05, 0) is 49.1 Å². The lowest BCUT2D eigenvalue weighted by Crippen LogP contribution is -2.32. The van der Waals surface area contributed by atoms with E-state index in [0.717, 1.165) is 28.8 Å². The molecule has 0 bridgehead atoms. The second-order valence-electron chi connectivity index (χ2n) is 6.36. The van der Waals surface area contributed by atoms with Crippen molar-refractivity contribution in [1.82, 2.24) is 0 Å². The highest BCUT2D eigenvalue weighted by atomic mass is 35.5. The number of halogens is 1. The zero-order valence-corrected chi connectivity index (χ0v) is 16.5. The maximum atomic E-state index is 12.4. The number of nitrogens with zero attached hydrogens (tertiary/aromatic N) is 1. The number of amides is 2. The molecule has 0 fully saturated rings. The Morgan fingerprint density at radius 1 is 1.12 bits per heavy atom. The van der Waals surface area contributed by atoms with E-state index in [1.807, 2.05) is 44.2 Å². The third kappa shape index (κ3) is 4.85. The number of anilines is 2. The van der Waals surface area contributed by atoms with E-state index in [-0.39, 0.29) is 18.2 Å². The Hall–Kier alpha value is -2.33. The second-order valence-corrected chi connectivity index (χ2v) is 6.77. The zero-order valence-electron chi connectivity index (χ0n) is 15.7. The molecule has 0 aliphatic rings. The predicted molar refractivity (Wildman–Crippen MR) is 108 cm³/mol. The lowest BCUT2D eigenvalue weighted by molar-refractivity contribution is -0.117. The quantitative estimate of drug-likeness (QED) is 0.783. The monoisotopic (exact) mass is 372 g/mol. The molecule has 0 aromatic heterocycles. The number of carbonyl (C=O) groups is 2. The fourth-order valence-corrected chi connectivity index (χ4v) is 3.01. The molecule has 0 spiro atoms. The van der Waals surface area contributed by atoms with Crippen LogP contribution in [0.2, 0.25) is 5.02 Å². The van der Waals surface area contributed by atoms with Crippen LogP contribution in [-0.4, -0.2) is 18.4 Å². The van der Waals surface area contributed by atoms with E-state index in [2.05, 4.69) is 12.2 Å². The maximum absolute atomic E-state index is 12.4. The number of benzene rings is 2. The largest absolute Gasteiger partial charge is 0.326 e. The van der Waals surface area contributed by atoms with Crippen molar-refractivity contribution in [2.45, 2.75) is 40.5 Å². The van der Waals surface area contributed by atoms with E-state index in [4.69, 9.17) is 11.6 Å². The SMILES string of the molecule is CCc1cccc(C)c1NC(=O)CCN(C(C)=O)c1ccc(C)c(Cl)c1. The topological polar surface area (TPSA) is 49.4 Å². The van der Waals surface area contributed by atoms with Gasteiger partial charge in [-0.2, -0.15) is 0 Å². The van der Waals surface area contributed by atoms with E-state index < -0.39 is 0 Å². The van der Waals surface area contributed by atoms with Gasteiger partial charge in [0.15, 0.2) is 0 Å². The number of hydrogen-bond donors (Lipinski definition) is 1. The highest BCUT2D eigenvalue weighted by molar-refractivity contribution is 6.31. The highest BCUT2D eigenvalue weighted by Crippen LogP contribution is 2.24. The Morgan fingerprint density at radius 3 is 2.46 bits per heavy atom. The Balaban J connectivity index is 2.09. The Bertz CT molecular complexity index is 818. The molecule has 0 saturated carbocycles. The van der Waals surface area contributed by atoms with E-state index in [9.17, 15) is 9.59 Å². The molecule has 0 aliphatic carbocycles. The zero-order chi connectivity index (χ0) is 19.3. The minimum Gasteiger partial charge on any atom is -0.326 e. The van der Waals surface area contributed by atoms with Crippen LogP contribution in [0.4, 0.5) is 11.4 Å². The summed E-state index contributed by atoms with van der Waals surface area (Å²) in [6, 6.07) is 11.4. The molecular formula is C21H25ClN2O2. The molecule has 2 aromatic carbocycles. The number of nitrogens with one attached hydrogen (secondary N) is 1. The summed E-state index contributed by atoms with van der Waals surface area (Å²) >= 11 is 6.17. The van der Waals surface area contributed by atoms with Gasteiger partial charge in [-0.3, -0.25) is 9.59 Å². The van der Waals surface area contributed by atoms with Crippen molar-refractivity contribution in [3.05, 3.63) is 58.1 Å². The fourth-order valence-electron chi connectivity index (χ4n) is 2.84. The summed E-state index contributed by atoms with van der Waals surface area (Å²) in [6.07, 6.45) is 1.06. The van der Waals surface area contributed by atoms with Gasteiger partial charge in [0, 0.05) is 36.3 Å². The smallest absolute Gasteiger partial charge is 0.226 e. The molecule has 138 valence electrons. The Labute approximate surface area is 160 Å². The van der Waals surface area contributed by atoms with Gasteiger partial charge in [-0.25, -0.2) is 0 Å². The molecule has 0 unspecified atom stereocenters. The van der Waals surface area contributed by atoms with E-state index in [1.165, 1.54) is 6.92 Å². The van der Waals surface area contributed by atoms with Gasteiger partial charge >= 0.3 is 0 Å². The van der Waals surface area contributed by atoms with Gasteiger partial charge in [-0.1, -0.05) is 42.8 Å². The minimum absolute atomic E-state index is 0.113. The molecule has 0 radical (unpaired) electrons. The first-order valence-corrected chi connectivity index (χ1v) is 9.13. The van der Waals surface area contributed by atoms with E-state index in [1.54, 1.807) is 11.0 Å². The molecule has 1 N–H and O–H groups in total. The van der Waals surface area contributed by atoms with Gasteiger partial charge in [-0.15, -0.1) is 0 Å². The first-order valence-electron chi connectivity index (χ1n) is 8.76. The van der Waals surface area contributed by atoms with Crippen LogP contribution in [0.3, 0.4) is 0 Å².